The lowest BCUT2D eigenvalue weighted by Gasteiger charge is -2.28. The van der Waals surface area contributed by atoms with E-state index in [0.29, 0.717) is 23.9 Å². The highest BCUT2D eigenvalue weighted by molar-refractivity contribution is 5.96. The molecule has 186 valence electrons. The molecule has 0 spiro atoms. The molecule has 0 aliphatic carbocycles. The highest BCUT2D eigenvalue weighted by Gasteiger charge is 2.29. The molecule has 1 aliphatic rings. The van der Waals surface area contributed by atoms with Crippen LogP contribution in [-0.2, 0) is 9.47 Å². The Morgan fingerprint density at radius 2 is 1.77 bits per heavy atom. The Morgan fingerprint density at radius 1 is 1.06 bits per heavy atom. The summed E-state index contributed by atoms with van der Waals surface area (Å²) < 4.78 is 11.0. The number of carbonyl (C=O) groups excluding carboxylic acids is 2. The summed E-state index contributed by atoms with van der Waals surface area (Å²) in [6.07, 6.45) is 5.66. The molecule has 2 amide bonds. The van der Waals surface area contributed by atoms with Gasteiger partial charge >= 0.3 is 12.2 Å². The lowest BCUT2D eigenvalue weighted by molar-refractivity contribution is 0.0594. The monoisotopic (exact) mass is 480 g/mol. The highest BCUT2D eigenvalue weighted by atomic mass is 16.6. The van der Waals surface area contributed by atoms with E-state index in [1.54, 1.807) is 84.3 Å². The van der Waals surface area contributed by atoms with Gasteiger partial charge < -0.3 is 14.4 Å². The molecule has 3 rings (SSSR count). The van der Waals surface area contributed by atoms with Crippen molar-refractivity contribution in [3.63, 3.8) is 0 Å². The number of rotatable bonds is 4. The fourth-order valence-corrected chi connectivity index (χ4v) is 3.09. The number of aliphatic imine (C=N–C) groups is 1. The Morgan fingerprint density at radius 3 is 2.40 bits per heavy atom. The summed E-state index contributed by atoms with van der Waals surface area (Å²) in [5.74, 6) is 0.689. The van der Waals surface area contributed by atoms with E-state index in [1.165, 1.54) is 4.90 Å². The van der Waals surface area contributed by atoms with E-state index in [0.717, 1.165) is 5.56 Å². The maximum atomic E-state index is 13.4. The van der Waals surface area contributed by atoms with Crippen LogP contribution >= 0.6 is 0 Å². The molecule has 0 saturated heterocycles. The predicted molar refractivity (Wildman–Crippen MR) is 136 cm³/mol. The van der Waals surface area contributed by atoms with Gasteiger partial charge in [0.25, 0.3) is 0 Å². The van der Waals surface area contributed by atoms with Gasteiger partial charge in [0.2, 0.25) is 5.95 Å². The number of carbonyl (C=O) groups is 2. The average Bonchev–Trinajstić information content (AvgIpc) is 2.74. The topological polar surface area (TPSA) is 109 Å². The number of allylic oxidation sites excluding steroid dienone is 1. The number of aryl methyl sites for hydroxylation is 1. The van der Waals surface area contributed by atoms with E-state index in [2.05, 4.69) is 20.3 Å². The van der Waals surface area contributed by atoms with Crippen LogP contribution in [0.4, 0.5) is 32.7 Å². The third kappa shape index (κ3) is 7.26. The normalized spacial score (nSPS) is 13.4. The van der Waals surface area contributed by atoms with E-state index in [1.807, 2.05) is 18.0 Å². The predicted octanol–water partition coefficient (Wildman–Crippen LogP) is 5.57. The van der Waals surface area contributed by atoms with Crippen molar-refractivity contribution < 1.29 is 19.1 Å². The van der Waals surface area contributed by atoms with E-state index >= 15 is 0 Å². The van der Waals surface area contributed by atoms with Crippen LogP contribution in [0.15, 0.2) is 47.7 Å². The molecule has 35 heavy (non-hydrogen) atoms. The van der Waals surface area contributed by atoms with E-state index in [4.69, 9.17) is 9.47 Å². The standard InChI is InChI=1S/C25H32N6O4/c1-17-9-10-18(28-22(32)34-24(2,3)4)15-19(17)31(23(33)35-25(5,6)7)21-27-13-11-20(29-21)30-14-8-12-26-16-30/h8-15H,16H2,1-7H3,(H,28,32). The van der Waals surface area contributed by atoms with Gasteiger partial charge in [0.1, 0.15) is 23.7 Å². The summed E-state index contributed by atoms with van der Waals surface area (Å²) in [7, 11) is 0. The SMILES string of the molecule is Cc1ccc(NC(=O)OC(C)(C)C)cc1N(C(=O)OC(C)(C)C)c1nccc(N2C=CC=NC2)n1. The van der Waals surface area contributed by atoms with Crippen molar-refractivity contribution in [2.45, 2.75) is 59.7 Å². The zero-order valence-electron chi connectivity index (χ0n) is 21.2. The number of benzene rings is 1. The van der Waals surface area contributed by atoms with Crippen LogP contribution in [0.3, 0.4) is 0 Å². The number of ether oxygens (including phenoxy) is 2. The third-order valence-corrected chi connectivity index (χ3v) is 4.49. The maximum Gasteiger partial charge on any atom is 0.421 e. The zero-order chi connectivity index (χ0) is 25.8. The smallest absolute Gasteiger partial charge is 0.421 e. The Balaban J connectivity index is 2.02. The second-order valence-electron chi connectivity index (χ2n) is 9.94. The molecule has 0 saturated carbocycles. The van der Waals surface area contributed by atoms with Crippen molar-refractivity contribution in [1.82, 2.24) is 9.97 Å². The quantitative estimate of drug-likeness (QED) is 0.609. The first-order valence-electron chi connectivity index (χ1n) is 11.2. The molecular formula is C25H32N6O4. The molecule has 1 N–H and O–H groups in total. The molecule has 1 aromatic carbocycles. The molecule has 2 aromatic rings. The first kappa shape index (κ1) is 25.7. The van der Waals surface area contributed by atoms with Gasteiger partial charge in [-0.25, -0.2) is 19.5 Å². The van der Waals surface area contributed by atoms with Gasteiger partial charge in [-0.1, -0.05) is 6.07 Å². The number of hydrogen-bond donors (Lipinski definition) is 1. The fourth-order valence-electron chi connectivity index (χ4n) is 3.09. The largest absolute Gasteiger partial charge is 0.444 e. The van der Waals surface area contributed by atoms with Crippen molar-refractivity contribution in [3.05, 3.63) is 48.3 Å². The summed E-state index contributed by atoms with van der Waals surface area (Å²) in [6.45, 7) is 12.9. The summed E-state index contributed by atoms with van der Waals surface area (Å²) >= 11 is 0. The molecule has 0 atom stereocenters. The Labute approximate surface area is 205 Å². The van der Waals surface area contributed by atoms with Gasteiger partial charge in [-0.05, 0) is 78.3 Å². The second-order valence-corrected chi connectivity index (χ2v) is 9.94. The first-order valence-corrected chi connectivity index (χ1v) is 11.2. The second kappa shape index (κ2) is 10.1. The van der Waals surface area contributed by atoms with Crippen LogP contribution in [-0.4, -0.2) is 46.2 Å². The molecule has 1 aliphatic heterocycles. The number of anilines is 4. The molecular weight excluding hydrogens is 448 g/mol. The fraction of sp³-hybridized carbons (Fsp3) is 0.400. The minimum Gasteiger partial charge on any atom is -0.444 e. The Hall–Kier alpha value is -3.95. The van der Waals surface area contributed by atoms with Gasteiger partial charge in [0.15, 0.2) is 0 Å². The van der Waals surface area contributed by atoms with Crippen molar-refractivity contribution in [3.8, 4) is 0 Å². The highest BCUT2D eigenvalue weighted by Crippen LogP contribution is 2.32. The van der Waals surface area contributed by atoms with Crippen LogP contribution in [0, 0.1) is 6.92 Å². The third-order valence-electron chi connectivity index (χ3n) is 4.49. The van der Waals surface area contributed by atoms with Gasteiger partial charge in [0, 0.05) is 24.3 Å². The number of nitrogens with zero attached hydrogens (tertiary/aromatic N) is 5. The van der Waals surface area contributed by atoms with Gasteiger partial charge in [0.05, 0.1) is 5.69 Å². The Bertz CT molecular complexity index is 1150. The van der Waals surface area contributed by atoms with E-state index < -0.39 is 23.4 Å². The average molecular weight is 481 g/mol. The number of amides is 2. The van der Waals surface area contributed by atoms with Crippen LogP contribution < -0.4 is 15.1 Å². The van der Waals surface area contributed by atoms with Crippen LogP contribution in [0.2, 0.25) is 0 Å². The molecule has 10 heteroatoms. The number of aromatic nitrogens is 2. The van der Waals surface area contributed by atoms with E-state index in [-0.39, 0.29) is 5.95 Å². The number of hydrogen-bond acceptors (Lipinski definition) is 8. The van der Waals surface area contributed by atoms with Crippen molar-refractivity contribution in [2.24, 2.45) is 4.99 Å². The van der Waals surface area contributed by atoms with Crippen LogP contribution in [0.1, 0.15) is 47.1 Å². The molecule has 0 radical (unpaired) electrons. The Kier molecular flexibility index (Phi) is 7.42. The van der Waals surface area contributed by atoms with Crippen LogP contribution in [0.25, 0.3) is 0 Å². The molecule has 0 bridgehead atoms. The van der Waals surface area contributed by atoms with Crippen LogP contribution in [0.5, 0.6) is 0 Å². The minimum absolute atomic E-state index is 0.122. The lowest BCUT2D eigenvalue weighted by atomic mass is 10.1. The molecule has 10 nitrogen and oxygen atoms in total. The zero-order valence-corrected chi connectivity index (χ0v) is 21.2. The summed E-state index contributed by atoms with van der Waals surface area (Å²) in [4.78, 5) is 42.0. The molecule has 2 heterocycles. The van der Waals surface area contributed by atoms with Crippen molar-refractivity contribution in [2.75, 3.05) is 21.8 Å². The molecule has 1 aromatic heterocycles. The summed E-state index contributed by atoms with van der Waals surface area (Å²) in [6, 6.07) is 6.90. The minimum atomic E-state index is -0.752. The summed E-state index contributed by atoms with van der Waals surface area (Å²) in [5.41, 5.74) is 0.246. The van der Waals surface area contributed by atoms with Gasteiger partial charge in [-0.3, -0.25) is 10.3 Å². The van der Waals surface area contributed by atoms with Crippen molar-refractivity contribution >= 4 is 41.5 Å². The molecule has 0 unspecified atom stereocenters. The van der Waals surface area contributed by atoms with Gasteiger partial charge in [-0.2, -0.15) is 4.98 Å². The molecule has 0 fully saturated rings. The van der Waals surface area contributed by atoms with Gasteiger partial charge in [-0.15, -0.1) is 0 Å². The summed E-state index contributed by atoms with van der Waals surface area (Å²) in [5, 5.41) is 2.71. The van der Waals surface area contributed by atoms with E-state index in [9.17, 15) is 9.59 Å². The van der Waals surface area contributed by atoms with Crippen molar-refractivity contribution in [1.29, 1.82) is 0 Å². The first-order chi connectivity index (χ1) is 16.3. The maximum absolute atomic E-state index is 13.4. The lowest BCUT2D eigenvalue weighted by Crippen LogP contribution is -2.35. The number of nitrogens with one attached hydrogen (secondary N) is 1.